The fraction of sp³-hybridized carbons (Fsp3) is 0.467. The molecule has 1 aliphatic rings. The van der Waals surface area contributed by atoms with E-state index in [0.717, 1.165) is 5.56 Å². The van der Waals surface area contributed by atoms with E-state index >= 15 is 0 Å². The van der Waals surface area contributed by atoms with E-state index in [2.05, 4.69) is 5.32 Å². The Morgan fingerprint density at radius 2 is 2.30 bits per heavy atom. The highest BCUT2D eigenvalue weighted by Gasteiger charge is 2.25. The second-order valence-electron chi connectivity index (χ2n) is 5.14. The number of halogens is 1. The predicted molar refractivity (Wildman–Crippen MR) is 90.3 cm³/mol. The summed E-state index contributed by atoms with van der Waals surface area (Å²) >= 11 is 7.53. The maximum absolute atomic E-state index is 12.4. The summed E-state index contributed by atoms with van der Waals surface area (Å²) in [4.78, 5) is 25.2. The van der Waals surface area contributed by atoms with Crippen molar-refractivity contribution < 1.29 is 19.4 Å². The Morgan fingerprint density at radius 3 is 3.00 bits per heavy atom. The van der Waals surface area contributed by atoms with E-state index in [4.69, 9.17) is 16.3 Å². The summed E-state index contributed by atoms with van der Waals surface area (Å²) in [5, 5.41) is 12.4. The Balaban J connectivity index is 2.05. The van der Waals surface area contributed by atoms with Crippen LogP contribution in [0.5, 0.6) is 5.75 Å². The molecule has 8 heteroatoms. The number of hydrogen-bond acceptors (Lipinski definition) is 4. The molecular weight excluding hydrogens is 340 g/mol. The molecule has 0 radical (unpaired) electrons. The Hall–Kier alpha value is -1.60. The van der Waals surface area contributed by atoms with E-state index in [1.165, 1.54) is 4.90 Å². The second kappa shape index (κ2) is 8.31. The largest absolute Gasteiger partial charge is 0.491 e. The standard InChI is InChI=1S/C15H19ClN2O4S/c1-23-7-4-12(14(19)20)17-15(21)18-5-6-22-13-3-2-11(16)8-10(13)9-18/h2-3,8,12H,4-7,9H2,1H3,(H,17,21)(H,19,20)/t12-/m0/s1. The lowest BCUT2D eigenvalue weighted by Gasteiger charge is -2.23. The second-order valence-corrected chi connectivity index (χ2v) is 6.57. The molecule has 0 bridgehead atoms. The van der Waals surface area contributed by atoms with Crippen LogP contribution in [-0.2, 0) is 11.3 Å². The van der Waals surface area contributed by atoms with Gasteiger partial charge in [0.2, 0.25) is 0 Å². The minimum absolute atomic E-state index is 0.330. The number of urea groups is 1. The fourth-order valence-corrected chi connectivity index (χ4v) is 2.94. The van der Waals surface area contributed by atoms with Crippen molar-refractivity contribution in [3.63, 3.8) is 0 Å². The quantitative estimate of drug-likeness (QED) is 0.845. The SMILES string of the molecule is CSCC[C@H](NC(=O)N1CCOc2ccc(Cl)cc2C1)C(=O)O. The molecule has 1 atom stereocenters. The highest BCUT2D eigenvalue weighted by atomic mass is 35.5. The van der Waals surface area contributed by atoms with Crippen LogP contribution in [0.25, 0.3) is 0 Å². The molecule has 0 saturated carbocycles. The number of thioether (sulfide) groups is 1. The van der Waals surface area contributed by atoms with Gasteiger partial charge in [0.15, 0.2) is 0 Å². The van der Waals surface area contributed by atoms with Crippen LogP contribution in [0.4, 0.5) is 4.79 Å². The van der Waals surface area contributed by atoms with Crippen LogP contribution >= 0.6 is 23.4 Å². The van der Waals surface area contributed by atoms with Crippen molar-refractivity contribution in [1.29, 1.82) is 0 Å². The molecule has 0 fully saturated rings. The number of aliphatic carboxylic acids is 1. The van der Waals surface area contributed by atoms with Crippen molar-refractivity contribution in [3.05, 3.63) is 28.8 Å². The maximum Gasteiger partial charge on any atom is 0.326 e. The first-order valence-corrected chi connectivity index (χ1v) is 8.97. The number of nitrogens with one attached hydrogen (secondary N) is 1. The van der Waals surface area contributed by atoms with Crippen LogP contribution in [0.15, 0.2) is 18.2 Å². The molecule has 2 amide bonds. The number of hydrogen-bond donors (Lipinski definition) is 2. The van der Waals surface area contributed by atoms with Gasteiger partial charge in [-0.25, -0.2) is 9.59 Å². The minimum atomic E-state index is -1.03. The Labute approximate surface area is 144 Å². The highest BCUT2D eigenvalue weighted by molar-refractivity contribution is 7.98. The molecule has 0 aliphatic carbocycles. The number of amides is 2. The number of nitrogens with zero attached hydrogens (tertiary/aromatic N) is 1. The van der Waals surface area contributed by atoms with E-state index in [0.29, 0.717) is 42.6 Å². The molecule has 1 heterocycles. The van der Waals surface area contributed by atoms with Crippen molar-refractivity contribution in [1.82, 2.24) is 10.2 Å². The van der Waals surface area contributed by atoms with E-state index in [1.54, 1.807) is 30.0 Å². The maximum atomic E-state index is 12.4. The first-order valence-electron chi connectivity index (χ1n) is 7.19. The molecule has 1 aliphatic heterocycles. The summed E-state index contributed by atoms with van der Waals surface area (Å²) in [7, 11) is 0. The average Bonchev–Trinajstić information content (AvgIpc) is 2.72. The summed E-state index contributed by atoms with van der Waals surface area (Å²) in [5.41, 5.74) is 0.807. The number of carbonyl (C=O) groups excluding carboxylic acids is 1. The number of carbonyl (C=O) groups is 2. The summed E-state index contributed by atoms with van der Waals surface area (Å²) in [6.45, 7) is 1.06. The van der Waals surface area contributed by atoms with Gasteiger partial charge in [-0.15, -0.1) is 0 Å². The van der Waals surface area contributed by atoms with Gasteiger partial charge in [-0.2, -0.15) is 11.8 Å². The molecule has 23 heavy (non-hydrogen) atoms. The lowest BCUT2D eigenvalue weighted by molar-refractivity contribution is -0.139. The van der Waals surface area contributed by atoms with Crippen LogP contribution in [0, 0.1) is 0 Å². The molecule has 0 saturated heterocycles. The van der Waals surface area contributed by atoms with E-state index in [-0.39, 0.29) is 0 Å². The lowest BCUT2D eigenvalue weighted by atomic mass is 10.2. The van der Waals surface area contributed by atoms with Crippen molar-refractivity contribution >= 4 is 35.4 Å². The zero-order valence-corrected chi connectivity index (χ0v) is 14.3. The van der Waals surface area contributed by atoms with Crippen molar-refractivity contribution in [2.75, 3.05) is 25.2 Å². The molecule has 126 valence electrons. The van der Waals surface area contributed by atoms with Gasteiger partial charge in [-0.05, 0) is 36.6 Å². The predicted octanol–water partition coefficient (Wildman–Crippen LogP) is 2.45. The van der Waals surface area contributed by atoms with Gasteiger partial charge in [-0.1, -0.05) is 11.6 Å². The third kappa shape index (κ3) is 4.94. The number of ether oxygens (including phenoxy) is 1. The molecule has 1 aromatic rings. The fourth-order valence-electron chi connectivity index (χ4n) is 2.27. The normalized spacial score (nSPS) is 15.1. The van der Waals surface area contributed by atoms with Crippen LogP contribution in [0.1, 0.15) is 12.0 Å². The lowest BCUT2D eigenvalue weighted by Crippen LogP contribution is -2.48. The molecule has 0 spiro atoms. The zero-order valence-electron chi connectivity index (χ0n) is 12.8. The van der Waals surface area contributed by atoms with Crippen LogP contribution in [0.3, 0.4) is 0 Å². The van der Waals surface area contributed by atoms with Crippen LogP contribution < -0.4 is 10.1 Å². The summed E-state index contributed by atoms with van der Waals surface area (Å²) < 4.78 is 5.60. The summed E-state index contributed by atoms with van der Waals surface area (Å²) in [6.07, 6.45) is 2.28. The van der Waals surface area contributed by atoms with Gasteiger partial charge < -0.3 is 20.1 Å². The molecule has 0 aromatic heterocycles. The van der Waals surface area contributed by atoms with E-state index in [9.17, 15) is 14.7 Å². The Morgan fingerprint density at radius 1 is 1.52 bits per heavy atom. The smallest absolute Gasteiger partial charge is 0.326 e. The van der Waals surface area contributed by atoms with Crippen LogP contribution in [0.2, 0.25) is 5.02 Å². The molecule has 0 unspecified atom stereocenters. The third-order valence-electron chi connectivity index (χ3n) is 3.50. The average molecular weight is 359 g/mol. The number of fused-ring (bicyclic) bond motifs is 1. The topological polar surface area (TPSA) is 78.9 Å². The Kier molecular flexibility index (Phi) is 6.41. The van der Waals surface area contributed by atoms with Gasteiger partial charge in [0.25, 0.3) is 0 Å². The Bertz CT molecular complexity index is 585. The number of rotatable bonds is 5. The first kappa shape index (κ1) is 17.7. The highest BCUT2D eigenvalue weighted by Crippen LogP contribution is 2.26. The third-order valence-corrected chi connectivity index (χ3v) is 4.38. The van der Waals surface area contributed by atoms with E-state index in [1.807, 2.05) is 6.26 Å². The summed E-state index contributed by atoms with van der Waals surface area (Å²) in [5.74, 6) is 0.336. The van der Waals surface area contributed by atoms with Crippen LogP contribution in [-0.4, -0.2) is 53.2 Å². The number of carboxylic acids is 1. The van der Waals surface area contributed by atoms with Gasteiger partial charge in [-0.3, -0.25) is 0 Å². The van der Waals surface area contributed by atoms with E-state index < -0.39 is 18.0 Å². The molecule has 2 rings (SSSR count). The van der Waals surface area contributed by atoms with Crippen molar-refractivity contribution in [2.24, 2.45) is 0 Å². The number of carboxylic acid groups (broad SMARTS) is 1. The molecule has 6 nitrogen and oxygen atoms in total. The van der Waals surface area contributed by atoms with Gasteiger partial charge in [0.1, 0.15) is 18.4 Å². The monoisotopic (exact) mass is 358 g/mol. The van der Waals surface area contributed by atoms with Gasteiger partial charge in [0.05, 0.1) is 13.1 Å². The zero-order chi connectivity index (χ0) is 16.8. The van der Waals surface area contributed by atoms with Crippen molar-refractivity contribution in [3.8, 4) is 5.75 Å². The van der Waals surface area contributed by atoms with Gasteiger partial charge >= 0.3 is 12.0 Å². The molecule has 2 N–H and O–H groups in total. The molecule has 1 aromatic carbocycles. The first-order chi connectivity index (χ1) is 11.0. The number of benzene rings is 1. The van der Waals surface area contributed by atoms with Gasteiger partial charge in [0, 0.05) is 10.6 Å². The minimum Gasteiger partial charge on any atom is -0.491 e. The summed E-state index contributed by atoms with van der Waals surface area (Å²) in [6, 6.07) is 3.97. The molecular formula is C15H19ClN2O4S. The van der Waals surface area contributed by atoms with Crippen molar-refractivity contribution in [2.45, 2.75) is 19.0 Å².